The molecule has 3 heteroatoms. The summed E-state index contributed by atoms with van der Waals surface area (Å²) >= 11 is 0. The lowest BCUT2D eigenvalue weighted by molar-refractivity contribution is 0.105. The van der Waals surface area contributed by atoms with Crippen LogP contribution in [0, 0.1) is 5.92 Å². The highest BCUT2D eigenvalue weighted by Gasteiger charge is 2.48. The van der Waals surface area contributed by atoms with Gasteiger partial charge in [-0.2, -0.15) is 0 Å². The van der Waals surface area contributed by atoms with E-state index in [-0.39, 0.29) is 18.5 Å². The molecule has 0 radical (unpaired) electrons. The summed E-state index contributed by atoms with van der Waals surface area (Å²) in [6, 6.07) is 0. The van der Waals surface area contributed by atoms with Gasteiger partial charge in [-0.25, -0.2) is 0 Å². The normalized spacial score (nSPS) is 47.5. The first-order valence-electron chi connectivity index (χ1n) is 4.13. The van der Waals surface area contributed by atoms with Crippen LogP contribution in [0.2, 0.25) is 0 Å². The van der Waals surface area contributed by atoms with Gasteiger partial charge < -0.3 is 10.4 Å². The number of nitrogens with one attached hydrogen (secondary N) is 1. The molecule has 2 aliphatic carbocycles. The van der Waals surface area contributed by atoms with Gasteiger partial charge in [0.15, 0.2) is 0 Å². The number of hydrogen-bond acceptors (Lipinski definition) is 2. The van der Waals surface area contributed by atoms with Gasteiger partial charge in [-0.1, -0.05) is 0 Å². The number of rotatable bonds is 1. The lowest BCUT2D eigenvalue weighted by Gasteiger charge is -2.27. The molecule has 2 rings (SSSR count). The van der Waals surface area contributed by atoms with Gasteiger partial charge in [-0.3, -0.25) is 0 Å². The average molecular weight is 178 g/mol. The van der Waals surface area contributed by atoms with Gasteiger partial charge in [-0.05, 0) is 38.6 Å². The van der Waals surface area contributed by atoms with Crippen molar-refractivity contribution in [2.75, 3.05) is 7.05 Å². The molecule has 3 unspecified atom stereocenters. The van der Waals surface area contributed by atoms with E-state index in [2.05, 4.69) is 5.32 Å². The van der Waals surface area contributed by atoms with Crippen molar-refractivity contribution in [3.8, 4) is 0 Å². The molecule has 0 aromatic carbocycles. The molecular weight excluding hydrogens is 162 g/mol. The van der Waals surface area contributed by atoms with Crippen molar-refractivity contribution in [2.24, 2.45) is 5.92 Å². The predicted molar refractivity (Wildman–Crippen MR) is 47.0 cm³/mol. The van der Waals surface area contributed by atoms with E-state index in [9.17, 15) is 5.11 Å². The fraction of sp³-hybridized carbons (Fsp3) is 1.00. The standard InChI is InChI=1S/C8H15NO.ClH/c1-9-8-3-2-6(4-8)7(10)5-8;/h6-7,9-10H,2-5H2,1H3;1H. The zero-order valence-corrected chi connectivity index (χ0v) is 7.66. The van der Waals surface area contributed by atoms with Gasteiger partial charge in [0, 0.05) is 5.54 Å². The third kappa shape index (κ3) is 1.28. The molecule has 0 amide bonds. The molecule has 0 saturated heterocycles. The molecule has 0 heterocycles. The summed E-state index contributed by atoms with van der Waals surface area (Å²) < 4.78 is 0. The van der Waals surface area contributed by atoms with E-state index in [1.165, 1.54) is 19.3 Å². The van der Waals surface area contributed by atoms with E-state index in [0.717, 1.165) is 6.42 Å². The highest BCUT2D eigenvalue weighted by molar-refractivity contribution is 5.85. The second kappa shape index (κ2) is 2.92. The molecule has 0 spiro atoms. The minimum absolute atomic E-state index is 0. The van der Waals surface area contributed by atoms with Gasteiger partial charge in [-0.15, -0.1) is 12.4 Å². The SMILES string of the molecule is CNC12CCC(C1)C(O)C2.Cl. The van der Waals surface area contributed by atoms with Crippen LogP contribution in [0.5, 0.6) is 0 Å². The van der Waals surface area contributed by atoms with Crippen LogP contribution in [0.15, 0.2) is 0 Å². The second-order valence-electron chi connectivity index (χ2n) is 3.80. The predicted octanol–water partition coefficient (Wildman–Crippen LogP) is 0.931. The fourth-order valence-electron chi connectivity index (χ4n) is 2.58. The zero-order valence-electron chi connectivity index (χ0n) is 6.84. The molecule has 2 nitrogen and oxygen atoms in total. The monoisotopic (exact) mass is 177 g/mol. The van der Waals surface area contributed by atoms with Crippen LogP contribution in [0.4, 0.5) is 0 Å². The number of halogens is 1. The van der Waals surface area contributed by atoms with E-state index in [1.807, 2.05) is 7.05 Å². The summed E-state index contributed by atoms with van der Waals surface area (Å²) in [5.41, 5.74) is 0.323. The van der Waals surface area contributed by atoms with E-state index >= 15 is 0 Å². The Balaban J connectivity index is 0.000000605. The summed E-state index contributed by atoms with van der Waals surface area (Å²) in [7, 11) is 2.01. The van der Waals surface area contributed by atoms with E-state index < -0.39 is 0 Å². The average Bonchev–Trinajstić information content (AvgIpc) is 2.45. The fourth-order valence-corrected chi connectivity index (χ4v) is 2.58. The van der Waals surface area contributed by atoms with Gasteiger partial charge >= 0.3 is 0 Å². The first kappa shape index (κ1) is 9.30. The molecular formula is C8H16ClNO. The van der Waals surface area contributed by atoms with E-state index in [0.29, 0.717) is 11.5 Å². The Labute approximate surface area is 73.8 Å². The topological polar surface area (TPSA) is 32.3 Å². The maximum Gasteiger partial charge on any atom is 0.0586 e. The first-order valence-corrected chi connectivity index (χ1v) is 4.13. The largest absolute Gasteiger partial charge is 0.393 e. The molecule has 3 atom stereocenters. The molecule has 2 saturated carbocycles. The Bertz CT molecular complexity index is 149. The maximum absolute atomic E-state index is 9.48. The number of aliphatic hydroxyl groups excluding tert-OH is 1. The third-order valence-corrected chi connectivity index (χ3v) is 3.32. The molecule has 0 aromatic heterocycles. The quantitative estimate of drug-likeness (QED) is 0.625. The van der Waals surface area contributed by atoms with Crippen molar-refractivity contribution in [3.05, 3.63) is 0 Å². The number of hydrogen-bond donors (Lipinski definition) is 2. The van der Waals surface area contributed by atoms with Crippen molar-refractivity contribution in [2.45, 2.75) is 37.3 Å². The van der Waals surface area contributed by atoms with Crippen molar-refractivity contribution in [3.63, 3.8) is 0 Å². The third-order valence-electron chi connectivity index (χ3n) is 3.32. The Kier molecular flexibility index (Phi) is 2.47. The number of aliphatic hydroxyl groups is 1. The summed E-state index contributed by atoms with van der Waals surface area (Å²) in [4.78, 5) is 0. The van der Waals surface area contributed by atoms with Crippen LogP contribution in [0.1, 0.15) is 25.7 Å². The molecule has 2 aliphatic rings. The Morgan fingerprint density at radius 1 is 1.45 bits per heavy atom. The second-order valence-corrected chi connectivity index (χ2v) is 3.80. The van der Waals surface area contributed by atoms with Crippen LogP contribution in [0.25, 0.3) is 0 Å². The summed E-state index contributed by atoms with van der Waals surface area (Å²) in [6.07, 6.45) is 4.66. The van der Waals surface area contributed by atoms with Crippen LogP contribution < -0.4 is 5.32 Å². The van der Waals surface area contributed by atoms with Gasteiger partial charge in [0.1, 0.15) is 0 Å². The van der Waals surface area contributed by atoms with Crippen molar-refractivity contribution in [1.82, 2.24) is 5.32 Å². The first-order chi connectivity index (χ1) is 4.76. The summed E-state index contributed by atoms with van der Waals surface area (Å²) in [6.45, 7) is 0. The highest BCUT2D eigenvalue weighted by atomic mass is 35.5. The van der Waals surface area contributed by atoms with Crippen LogP contribution in [-0.2, 0) is 0 Å². The van der Waals surface area contributed by atoms with E-state index in [1.54, 1.807) is 0 Å². The van der Waals surface area contributed by atoms with Crippen molar-refractivity contribution >= 4 is 12.4 Å². The van der Waals surface area contributed by atoms with Crippen LogP contribution >= 0.6 is 12.4 Å². The molecule has 0 aliphatic heterocycles. The molecule has 11 heavy (non-hydrogen) atoms. The molecule has 2 bridgehead atoms. The Hall–Kier alpha value is 0.210. The van der Waals surface area contributed by atoms with Gasteiger partial charge in [0.2, 0.25) is 0 Å². The molecule has 2 N–H and O–H groups in total. The minimum Gasteiger partial charge on any atom is -0.393 e. The van der Waals surface area contributed by atoms with Crippen LogP contribution in [-0.4, -0.2) is 23.8 Å². The molecule has 66 valence electrons. The van der Waals surface area contributed by atoms with Crippen molar-refractivity contribution in [1.29, 1.82) is 0 Å². The van der Waals surface area contributed by atoms with Gasteiger partial charge in [0.05, 0.1) is 6.10 Å². The highest BCUT2D eigenvalue weighted by Crippen LogP contribution is 2.47. The smallest absolute Gasteiger partial charge is 0.0586 e. The molecule has 2 fully saturated rings. The lowest BCUT2D eigenvalue weighted by atomic mass is 9.92. The zero-order chi connectivity index (χ0) is 7.19. The maximum atomic E-state index is 9.48. The summed E-state index contributed by atoms with van der Waals surface area (Å²) in [5.74, 6) is 0.604. The van der Waals surface area contributed by atoms with Crippen LogP contribution in [0.3, 0.4) is 0 Å². The van der Waals surface area contributed by atoms with Crippen molar-refractivity contribution < 1.29 is 5.11 Å². The van der Waals surface area contributed by atoms with Gasteiger partial charge in [0.25, 0.3) is 0 Å². The molecule has 0 aromatic rings. The Morgan fingerprint density at radius 3 is 2.45 bits per heavy atom. The minimum atomic E-state index is -0.0128. The summed E-state index contributed by atoms with van der Waals surface area (Å²) in [5, 5.41) is 12.8. The number of fused-ring (bicyclic) bond motifs is 2. The lowest BCUT2D eigenvalue weighted by Crippen LogP contribution is -2.40. The Morgan fingerprint density at radius 2 is 2.18 bits per heavy atom. The van der Waals surface area contributed by atoms with E-state index in [4.69, 9.17) is 0 Å².